The second-order valence-corrected chi connectivity index (χ2v) is 5.69. The standard InChI is InChI=1S/C19H17BrFNO2/c1-3-23-18-11-19(24-4-2)16(20)10-13(18)9-14(12-22)15-7-5-6-8-17(15)21/h5-11H,3-4H2,1-2H3. The van der Waals surface area contributed by atoms with Crippen LogP contribution in [0.4, 0.5) is 4.39 Å². The molecule has 0 radical (unpaired) electrons. The summed E-state index contributed by atoms with van der Waals surface area (Å²) in [6, 6.07) is 11.8. The molecule has 0 aliphatic carbocycles. The van der Waals surface area contributed by atoms with Crippen LogP contribution in [0.25, 0.3) is 11.6 Å². The average Bonchev–Trinajstić information content (AvgIpc) is 2.57. The fourth-order valence-corrected chi connectivity index (χ4v) is 2.69. The molecule has 2 aromatic rings. The molecule has 3 nitrogen and oxygen atoms in total. The SMILES string of the molecule is CCOc1cc(OCC)c(C=C(C#N)c2ccccc2F)cc1Br. The van der Waals surface area contributed by atoms with Gasteiger partial charge in [0.2, 0.25) is 0 Å². The van der Waals surface area contributed by atoms with Gasteiger partial charge in [-0.15, -0.1) is 0 Å². The Morgan fingerprint density at radius 2 is 1.83 bits per heavy atom. The van der Waals surface area contributed by atoms with Crippen molar-refractivity contribution < 1.29 is 13.9 Å². The van der Waals surface area contributed by atoms with Gasteiger partial charge in [0, 0.05) is 17.2 Å². The van der Waals surface area contributed by atoms with E-state index in [1.165, 1.54) is 6.07 Å². The van der Waals surface area contributed by atoms with Crippen molar-refractivity contribution in [3.8, 4) is 17.6 Å². The third kappa shape index (κ3) is 4.15. The minimum atomic E-state index is -0.437. The summed E-state index contributed by atoms with van der Waals surface area (Å²) in [5.74, 6) is 0.795. The molecule has 0 aliphatic rings. The molecule has 0 aliphatic heterocycles. The zero-order valence-corrected chi connectivity index (χ0v) is 15.1. The highest BCUT2D eigenvalue weighted by atomic mass is 79.9. The number of halogens is 2. The lowest BCUT2D eigenvalue weighted by Crippen LogP contribution is -1.98. The number of nitriles is 1. The van der Waals surface area contributed by atoms with Gasteiger partial charge in [-0.25, -0.2) is 4.39 Å². The van der Waals surface area contributed by atoms with Crippen LogP contribution in [0.1, 0.15) is 25.0 Å². The lowest BCUT2D eigenvalue weighted by molar-refractivity contribution is 0.321. The highest BCUT2D eigenvalue weighted by molar-refractivity contribution is 9.10. The smallest absolute Gasteiger partial charge is 0.137 e. The Morgan fingerprint density at radius 1 is 1.17 bits per heavy atom. The summed E-state index contributed by atoms with van der Waals surface area (Å²) in [5.41, 5.74) is 1.16. The molecule has 2 rings (SSSR count). The predicted octanol–water partition coefficient (Wildman–Crippen LogP) is 5.45. The summed E-state index contributed by atoms with van der Waals surface area (Å²) in [5, 5.41) is 9.43. The van der Waals surface area contributed by atoms with Crippen molar-refractivity contribution in [2.75, 3.05) is 13.2 Å². The fraction of sp³-hybridized carbons (Fsp3) is 0.211. The number of benzene rings is 2. The molecule has 0 bridgehead atoms. The predicted molar refractivity (Wildman–Crippen MR) is 96.4 cm³/mol. The van der Waals surface area contributed by atoms with Gasteiger partial charge < -0.3 is 9.47 Å². The molecule has 0 fully saturated rings. The molecule has 0 saturated heterocycles. The van der Waals surface area contributed by atoms with E-state index in [2.05, 4.69) is 22.0 Å². The Hall–Kier alpha value is -2.32. The van der Waals surface area contributed by atoms with E-state index in [0.717, 1.165) is 4.47 Å². The van der Waals surface area contributed by atoms with Crippen molar-refractivity contribution in [3.63, 3.8) is 0 Å². The van der Waals surface area contributed by atoms with Gasteiger partial charge in [0.1, 0.15) is 17.3 Å². The molecule has 2 aromatic carbocycles. The van der Waals surface area contributed by atoms with Gasteiger partial charge in [0.25, 0.3) is 0 Å². The van der Waals surface area contributed by atoms with E-state index in [0.29, 0.717) is 30.3 Å². The van der Waals surface area contributed by atoms with Crippen LogP contribution < -0.4 is 9.47 Å². The summed E-state index contributed by atoms with van der Waals surface area (Å²) in [6.07, 6.45) is 1.61. The maximum atomic E-state index is 14.0. The third-order valence-electron chi connectivity index (χ3n) is 3.25. The number of hydrogen-bond donors (Lipinski definition) is 0. The van der Waals surface area contributed by atoms with E-state index in [1.54, 1.807) is 36.4 Å². The molecule has 0 atom stereocenters. The summed E-state index contributed by atoms with van der Waals surface area (Å²) in [7, 11) is 0. The molecular weight excluding hydrogens is 373 g/mol. The quantitative estimate of drug-likeness (QED) is 0.487. The van der Waals surface area contributed by atoms with Crippen molar-refractivity contribution in [2.45, 2.75) is 13.8 Å². The maximum Gasteiger partial charge on any atom is 0.137 e. The molecular formula is C19H17BrFNO2. The Kier molecular flexibility index (Phi) is 6.39. The van der Waals surface area contributed by atoms with E-state index in [4.69, 9.17) is 9.47 Å². The monoisotopic (exact) mass is 389 g/mol. The average molecular weight is 390 g/mol. The Morgan fingerprint density at radius 3 is 2.46 bits per heavy atom. The number of nitrogens with zero attached hydrogens (tertiary/aromatic N) is 1. The van der Waals surface area contributed by atoms with Crippen LogP contribution in [-0.2, 0) is 0 Å². The number of hydrogen-bond acceptors (Lipinski definition) is 3. The van der Waals surface area contributed by atoms with Crippen LogP contribution in [-0.4, -0.2) is 13.2 Å². The van der Waals surface area contributed by atoms with E-state index in [-0.39, 0.29) is 11.1 Å². The van der Waals surface area contributed by atoms with Crippen molar-refractivity contribution in [1.82, 2.24) is 0 Å². The molecule has 24 heavy (non-hydrogen) atoms. The molecule has 0 unspecified atom stereocenters. The van der Waals surface area contributed by atoms with E-state index < -0.39 is 5.82 Å². The Bertz CT molecular complexity index is 796. The van der Waals surface area contributed by atoms with Crippen LogP contribution >= 0.6 is 15.9 Å². The third-order valence-corrected chi connectivity index (χ3v) is 3.87. The summed E-state index contributed by atoms with van der Waals surface area (Å²) in [6.45, 7) is 4.76. The summed E-state index contributed by atoms with van der Waals surface area (Å²) in [4.78, 5) is 0. The molecule has 0 amide bonds. The Labute approximate surface area is 149 Å². The molecule has 124 valence electrons. The second-order valence-electron chi connectivity index (χ2n) is 4.84. The van der Waals surface area contributed by atoms with Crippen LogP contribution in [0.3, 0.4) is 0 Å². The fourth-order valence-electron chi connectivity index (χ4n) is 2.21. The molecule has 0 saturated carbocycles. The highest BCUT2D eigenvalue weighted by Crippen LogP contribution is 2.35. The normalized spacial score (nSPS) is 11.0. The van der Waals surface area contributed by atoms with Gasteiger partial charge in [0.05, 0.1) is 29.3 Å². The minimum absolute atomic E-state index is 0.227. The summed E-state index contributed by atoms with van der Waals surface area (Å²) < 4.78 is 25.9. The van der Waals surface area contributed by atoms with Crippen molar-refractivity contribution >= 4 is 27.6 Å². The van der Waals surface area contributed by atoms with Gasteiger partial charge in [0.15, 0.2) is 0 Å². The van der Waals surface area contributed by atoms with Crippen molar-refractivity contribution in [2.24, 2.45) is 0 Å². The molecule has 5 heteroatoms. The topological polar surface area (TPSA) is 42.2 Å². The van der Waals surface area contributed by atoms with E-state index in [1.807, 2.05) is 13.8 Å². The van der Waals surface area contributed by atoms with Gasteiger partial charge in [-0.05, 0) is 48.0 Å². The van der Waals surface area contributed by atoms with Crippen molar-refractivity contribution in [1.29, 1.82) is 5.26 Å². The summed E-state index contributed by atoms with van der Waals surface area (Å²) >= 11 is 3.45. The van der Waals surface area contributed by atoms with E-state index >= 15 is 0 Å². The second kappa shape index (κ2) is 8.51. The minimum Gasteiger partial charge on any atom is -0.493 e. The van der Waals surface area contributed by atoms with Gasteiger partial charge in [-0.2, -0.15) is 5.26 Å². The lowest BCUT2D eigenvalue weighted by Gasteiger charge is -2.13. The zero-order chi connectivity index (χ0) is 17.5. The molecule has 0 N–H and O–H groups in total. The zero-order valence-electron chi connectivity index (χ0n) is 13.5. The number of allylic oxidation sites excluding steroid dienone is 1. The highest BCUT2D eigenvalue weighted by Gasteiger charge is 2.12. The molecule has 0 aromatic heterocycles. The largest absolute Gasteiger partial charge is 0.493 e. The lowest BCUT2D eigenvalue weighted by atomic mass is 10.0. The van der Waals surface area contributed by atoms with Gasteiger partial charge in [-0.3, -0.25) is 0 Å². The van der Waals surface area contributed by atoms with Crippen LogP contribution in [0, 0.1) is 17.1 Å². The first-order valence-electron chi connectivity index (χ1n) is 7.56. The van der Waals surface area contributed by atoms with Gasteiger partial charge in [-0.1, -0.05) is 18.2 Å². The molecule has 0 spiro atoms. The first-order chi connectivity index (χ1) is 11.6. The van der Waals surface area contributed by atoms with Crippen LogP contribution in [0.15, 0.2) is 40.9 Å². The van der Waals surface area contributed by atoms with E-state index in [9.17, 15) is 9.65 Å². The first kappa shape index (κ1) is 18.0. The first-order valence-corrected chi connectivity index (χ1v) is 8.35. The Balaban J connectivity index is 2.55. The van der Waals surface area contributed by atoms with Crippen LogP contribution in [0.2, 0.25) is 0 Å². The molecule has 0 heterocycles. The number of rotatable bonds is 6. The van der Waals surface area contributed by atoms with Gasteiger partial charge >= 0.3 is 0 Å². The van der Waals surface area contributed by atoms with Crippen molar-refractivity contribution in [3.05, 3.63) is 57.8 Å². The number of ether oxygens (including phenoxy) is 2. The maximum absolute atomic E-state index is 14.0. The van der Waals surface area contributed by atoms with Crippen LogP contribution in [0.5, 0.6) is 11.5 Å².